The van der Waals surface area contributed by atoms with E-state index in [0.717, 1.165) is 5.56 Å². The van der Waals surface area contributed by atoms with E-state index in [-0.39, 0.29) is 13.1 Å². The zero-order valence-electron chi connectivity index (χ0n) is 6.82. The van der Waals surface area contributed by atoms with E-state index in [1.807, 2.05) is 31.2 Å². The third kappa shape index (κ3) is 1.48. The molecular formula is C9H10O3. The highest BCUT2D eigenvalue weighted by atomic mass is 17.3. The van der Waals surface area contributed by atoms with Crippen molar-refractivity contribution in [3.63, 3.8) is 0 Å². The van der Waals surface area contributed by atoms with Gasteiger partial charge in [-0.05, 0) is 6.92 Å². The van der Waals surface area contributed by atoms with Crippen molar-refractivity contribution in [3.05, 3.63) is 35.4 Å². The molecule has 0 saturated carbocycles. The lowest BCUT2D eigenvalue weighted by Gasteiger charge is -2.05. The Labute approximate surface area is 70.8 Å². The molecule has 0 bridgehead atoms. The Kier molecular flexibility index (Phi) is 2.08. The van der Waals surface area contributed by atoms with Crippen LogP contribution in [-0.4, -0.2) is 6.79 Å². The number of ether oxygens (including phenoxy) is 1. The smallest absolute Gasteiger partial charge is 0.219 e. The Hall–Kier alpha value is -0.900. The average molecular weight is 166 g/mol. The minimum Gasteiger partial charge on any atom is -0.316 e. The zero-order chi connectivity index (χ0) is 8.39. The van der Waals surface area contributed by atoms with Crippen LogP contribution in [0.3, 0.4) is 0 Å². The highest BCUT2D eigenvalue weighted by molar-refractivity contribution is 5.22. The first-order chi connectivity index (χ1) is 5.86. The third-order valence-corrected chi connectivity index (χ3v) is 1.77. The summed E-state index contributed by atoms with van der Waals surface area (Å²) in [6.45, 7) is 2.25. The molecule has 1 aromatic rings. The predicted molar refractivity (Wildman–Crippen MR) is 42.0 cm³/mol. The highest BCUT2D eigenvalue weighted by Crippen LogP contribution is 2.23. The molecule has 1 atom stereocenters. The lowest BCUT2D eigenvalue weighted by molar-refractivity contribution is -0.279. The van der Waals surface area contributed by atoms with Crippen LogP contribution in [0, 0.1) is 6.92 Å². The van der Waals surface area contributed by atoms with Gasteiger partial charge in [-0.25, -0.2) is 4.89 Å². The van der Waals surface area contributed by atoms with E-state index in [1.54, 1.807) is 0 Å². The maximum absolute atomic E-state index is 5.13. The lowest BCUT2D eigenvalue weighted by Crippen LogP contribution is -1.96. The first kappa shape index (κ1) is 7.73. The second-order valence-corrected chi connectivity index (χ2v) is 2.74. The van der Waals surface area contributed by atoms with Crippen molar-refractivity contribution in [2.24, 2.45) is 0 Å². The largest absolute Gasteiger partial charge is 0.316 e. The van der Waals surface area contributed by atoms with Crippen LogP contribution >= 0.6 is 0 Å². The molecule has 1 aromatic carbocycles. The van der Waals surface area contributed by atoms with Crippen molar-refractivity contribution >= 4 is 0 Å². The summed E-state index contributed by atoms with van der Waals surface area (Å²) in [6, 6.07) is 7.96. The van der Waals surface area contributed by atoms with Gasteiger partial charge in [0.15, 0.2) is 6.79 Å². The fourth-order valence-electron chi connectivity index (χ4n) is 1.08. The second kappa shape index (κ2) is 3.23. The van der Waals surface area contributed by atoms with Crippen molar-refractivity contribution in [2.75, 3.05) is 6.79 Å². The molecule has 0 aromatic heterocycles. The molecule has 3 nitrogen and oxygen atoms in total. The van der Waals surface area contributed by atoms with Gasteiger partial charge in [0.1, 0.15) is 0 Å². The summed E-state index contributed by atoms with van der Waals surface area (Å²) >= 11 is 0. The topological polar surface area (TPSA) is 27.7 Å². The summed E-state index contributed by atoms with van der Waals surface area (Å²) in [4.78, 5) is 9.48. The van der Waals surface area contributed by atoms with Crippen molar-refractivity contribution in [1.82, 2.24) is 0 Å². The van der Waals surface area contributed by atoms with E-state index < -0.39 is 0 Å². The Bertz CT molecular complexity index is 249. The van der Waals surface area contributed by atoms with E-state index in [0.29, 0.717) is 0 Å². The summed E-state index contributed by atoms with van der Waals surface area (Å²) in [5.41, 5.74) is 2.20. The van der Waals surface area contributed by atoms with Crippen LogP contribution in [-0.2, 0) is 14.5 Å². The molecule has 0 N–H and O–H groups in total. The number of rotatable bonds is 1. The van der Waals surface area contributed by atoms with Gasteiger partial charge >= 0.3 is 0 Å². The van der Waals surface area contributed by atoms with Gasteiger partial charge in [-0.1, -0.05) is 29.8 Å². The average Bonchev–Trinajstić information content (AvgIpc) is 2.58. The molecule has 1 saturated heterocycles. The van der Waals surface area contributed by atoms with E-state index in [9.17, 15) is 0 Å². The van der Waals surface area contributed by atoms with E-state index in [4.69, 9.17) is 9.62 Å². The maximum atomic E-state index is 5.13. The molecule has 0 spiro atoms. The highest BCUT2D eigenvalue weighted by Gasteiger charge is 2.19. The van der Waals surface area contributed by atoms with Crippen LogP contribution in [0.15, 0.2) is 24.3 Å². The summed E-state index contributed by atoms with van der Waals surface area (Å²) in [6.07, 6.45) is -0.356. The molecule has 0 aliphatic carbocycles. The predicted octanol–water partition coefficient (Wildman–Crippen LogP) is 1.93. The molecule has 0 amide bonds. The molecule has 1 aliphatic rings. The Morgan fingerprint density at radius 3 is 2.58 bits per heavy atom. The van der Waals surface area contributed by atoms with Crippen molar-refractivity contribution < 1.29 is 14.5 Å². The molecule has 1 aliphatic heterocycles. The molecule has 0 radical (unpaired) electrons. The molecule has 2 rings (SSSR count). The van der Waals surface area contributed by atoms with Gasteiger partial charge in [0.05, 0.1) is 0 Å². The lowest BCUT2D eigenvalue weighted by atomic mass is 10.1. The fourth-order valence-corrected chi connectivity index (χ4v) is 1.08. The first-order valence-electron chi connectivity index (χ1n) is 3.83. The minimum atomic E-state index is -0.356. The van der Waals surface area contributed by atoms with Gasteiger partial charge in [-0.2, -0.15) is 4.89 Å². The zero-order valence-corrected chi connectivity index (χ0v) is 6.82. The summed E-state index contributed by atoms with van der Waals surface area (Å²) in [5.74, 6) is 0. The Morgan fingerprint density at radius 2 is 2.00 bits per heavy atom. The Morgan fingerprint density at radius 1 is 1.25 bits per heavy atom. The SMILES string of the molecule is Cc1ccc(C2OCOO2)cc1. The van der Waals surface area contributed by atoms with Gasteiger partial charge in [-0.15, -0.1) is 0 Å². The number of benzene rings is 1. The molecule has 1 unspecified atom stereocenters. The molecule has 1 fully saturated rings. The first-order valence-corrected chi connectivity index (χ1v) is 3.83. The third-order valence-electron chi connectivity index (χ3n) is 1.77. The van der Waals surface area contributed by atoms with E-state index in [2.05, 4.69) is 4.89 Å². The maximum Gasteiger partial charge on any atom is 0.219 e. The summed E-state index contributed by atoms with van der Waals surface area (Å²) < 4.78 is 5.13. The van der Waals surface area contributed by atoms with Crippen LogP contribution < -0.4 is 0 Å². The summed E-state index contributed by atoms with van der Waals surface area (Å²) in [7, 11) is 0. The molecule has 1 heterocycles. The van der Waals surface area contributed by atoms with Crippen molar-refractivity contribution in [1.29, 1.82) is 0 Å². The minimum absolute atomic E-state index is 0.207. The van der Waals surface area contributed by atoms with E-state index >= 15 is 0 Å². The normalized spacial score (nSPS) is 22.9. The van der Waals surface area contributed by atoms with Crippen LogP contribution in [0.4, 0.5) is 0 Å². The van der Waals surface area contributed by atoms with Gasteiger partial charge < -0.3 is 4.74 Å². The number of hydrogen-bond acceptors (Lipinski definition) is 3. The van der Waals surface area contributed by atoms with Crippen LogP contribution in [0.1, 0.15) is 17.4 Å². The van der Waals surface area contributed by atoms with Crippen molar-refractivity contribution in [2.45, 2.75) is 13.2 Å². The van der Waals surface area contributed by atoms with Crippen LogP contribution in [0.2, 0.25) is 0 Å². The van der Waals surface area contributed by atoms with E-state index in [1.165, 1.54) is 5.56 Å². The monoisotopic (exact) mass is 166 g/mol. The molecular weight excluding hydrogens is 156 g/mol. The van der Waals surface area contributed by atoms with Gasteiger partial charge in [0.2, 0.25) is 6.29 Å². The van der Waals surface area contributed by atoms with Crippen LogP contribution in [0.5, 0.6) is 0 Å². The van der Waals surface area contributed by atoms with Gasteiger partial charge in [0, 0.05) is 5.56 Å². The van der Waals surface area contributed by atoms with Gasteiger partial charge in [0.25, 0.3) is 0 Å². The number of hydrogen-bond donors (Lipinski definition) is 0. The fraction of sp³-hybridized carbons (Fsp3) is 0.333. The Balaban J connectivity index is 2.17. The molecule has 3 heteroatoms. The van der Waals surface area contributed by atoms with Crippen LogP contribution in [0.25, 0.3) is 0 Å². The molecule has 12 heavy (non-hydrogen) atoms. The van der Waals surface area contributed by atoms with Crippen molar-refractivity contribution in [3.8, 4) is 0 Å². The van der Waals surface area contributed by atoms with Gasteiger partial charge in [-0.3, -0.25) is 0 Å². The second-order valence-electron chi connectivity index (χ2n) is 2.74. The number of aryl methyl sites for hydroxylation is 1. The summed E-state index contributed by atoms with van der Waals surface area (Å²) in [5, 5.41) is 0. The standard InChI is InChI=1S/C9H10O3/c1-7-2-4-8(5-3-7)9-10-6-11-12-9/h2-5,9H,6H2,1H3. The quantitative estimate of drug-likeness (QED) is 0.596. The molecule has 64 valence electrons.